The summed E-state index contributed by atoms with van der Waals surface area (Å²) in [6.07, 6.45) is 1.16. The van der Waals surface area contributed by atoms with Gasteiger partial charge >= 0.3 is 0 Å². The molecule has 0 radical (unpaired) electrons. The molecule has 0 saturated heterocycles. The maximum Gasteiger partial charge on any atom is 0.120 e. The van der Waals surface area contributed by atoms with Crippen LogP contribution >= 0.6 is 0 Å². The Morgan fingerprint density at radius 1 is 1.15 bits per heavy atom. The van der Waals surface area contributed by atoms with Crippen LogP contribution in [0.15, 0.2) is 48.5 Å². The van der Waals surface area contributed by atoms with E-state index in [1.54, 1.807) is 0 Å². The molecule has 2 atom stereocenters. The summed E-state index contributed by atoms with van der Waals surface area (Å²) in [4.78, 5) is 0. The number of aliphatic hydroxyl groups is 1. The zero-order chi connectivity index (χ0) is 13.9. The van der Waals surface area contributed by atoms with Gasteiger partial charge < -0.3 is 15.6 Å². The van der Waals surface area contributed by atoms with Crippen LogP contribution < -0.4 is 10.5 Å². The Bertz CT molecular complexity index is 583. The highest BCUT2D eigenvalue weighted by Crippen LogP contribution is 2.31. The van der Waals surface area contributed by atoms with E-state index in [2.05, 4.69) is 0 Å². The first kappa shape index (κ1) is 13.2. The molecule has 0 aromatic heterocycles. The molecule has 0 unspecified atom stereocenters. The summed E-state index contributed by atoms with van der Waals surface area (Å²) in [5.74, 6) is 0.843. The highest BCUT2D eigenvalue weighted by atomic mass is 16.5. The molecule has 1 aliphatic rings. The van der Waals surface area contributed by atoms with Crippen LogP contribution in [-0.4, -0.2) is 11.1 Å². The van der Waals surface area contributed by atoms with E-state index in [0.717, 1.165) is 35.3 Å². The first-order valence-corrected chi connectivity index (χ1v) is 6.97. The number of nitrogens with two attached hydrogens (primary N) is 1. The van der Waals surface area contributed by atoms with E-state index in [1.165, 1.54) is 0 Å². The number of fused-ring (bicyclic) bond motifs is 1. The molecule has 0 bridgehead atoms. The molecule has 0 fully saturated rings. The fourth-order valence-electron chi connectivity index (χ4n) is 2.63. The lowest BCUT2D eigenvalue weighted by molar-refractivity contribution is 0.133. The Hall–Kier alpha value is -1.84. The van der Waals surface area contributed by atoms with Gasteiger partial charge in [0.05, 0.1) is 6.10 Å². The normalized spacial score (nSPS) is 21.3. The first-order valence-electron chi connectivity index (χ1n) is 6.97. The van der Waals surface area contributed by atoms with Crippen molar-refractivity contribution in [1.29, 1.82) is 0 Å². The number of hydrogen-bond acceptors (Lipinski definition) is 3. The van der Waals surface area contributed by atoms with Crippen LogP contribution in [0, 0.1) is 0 Å². The second-order valence-electron chi connectivity index (χ2n) is 5.28. The summed E-state index contributed by atoms with van der Waals surface area (Å²) >= 11 is 0. The minimum atomic E-state index is -0.554. The summed E-state index contributed by atoms with van der Waals surface area (Å²) < 4.78 is 5.81. The molecule has 3 rings (SSSR count). The van der Waals surface area contributed by atoms with Gasteiger partial charge in [0.2, 0.25) is 0 Å². The van der Waals surface area contributed by atoms with Gasteiger partial charge in [0.15, 0.2) is 0 Å². The molecule has 2 aromatic carbocycles. The monoisotopic (exact) mass is 269 g/mol. The van der Waals surface area contributed by atoms with E-state index >= 15 is 0 Å². The van der Waals surface area contributed by atoms with Crippen molar-refractivity contribution >= 4 is 0 Å². The van der Waals surface area contributed by atoms with Gasteiger partial charge in [0.25, 0.3) is 0 Å². The summed E-state index contributed by atoms with van der Waals surface area (Å²) in [6.45, 7) is 0.557. The second kappa shape index (κ2) is 5.65. The van der Waals surface area contributed by atoms with Crippen LogP contribution in [0.2, 0.25) is 0 Å². The molecular formula is C17H19NO2. The molecule has 0 amide bonds. The van der Waals surface area contributed by atoms with E-state index in [4.69, 9.17) is 10.5 Å². The predicted octanol–water partition coefficient (Wildman–Crippen LogP) is 2.57. The Kier molecular flexibility index (Phi) is 3.72. The van der Waals surface area contributed by atoms with Crippen LogP contribution in [0.4, 0.5) is 0 Å². The van der Waals surface area contributed by atoms with Crippen molar-refractivity contribution in [2.45, 2.75) is 31.6 Å². The standard InChI is InChI=1S/C17H19NO2/c18-16-9-6-13-10-14(7-8-15(13)17(16)19)20-11-12-4-2-1-3-5-12/h1-5,7-8,10,16-17,19H,6,9,11,18H2/t16-,17-/m0/s1. The van der Waals surface area contributed by atoms with Crippen molar-refractivity contribution in [3.63, 3.8) is 0 Å². The van der Waals surface area contributed by atoms with E-state index < -0.39 is 6.10 Å². The maximum atomic E-state index is 10.1. The molecule has 0 saturated carbocycles. The number of aliphatic hydroxyl groups excluding tert-OH is 1. The zero-order valence-electron chi connectivity index (χ0n) is 11.3. The van der Waals surface area contributed by atoms with Gasteiger partial charge in [-0.3, -0.25) is 0 Å². The number of hydrogen-bond donors (Lipinski definition) is 2. The minimum Gasteiger partial charge on any atom is -0.489 e. The Morgan fingerprint density at radius 2 is 1.95 bits per heavy atom. The molecule has 3 N–H and O–H groups in total. The maximum absolute atomic E-state index is 10.1. The van der Waals surface area contributed by atoms with Crippen molar-refractivity contribution in [2.75, 3.05) is 0 Å². The van der Waals surface area contributed by atoms with Crippen LogP contribution in [0.5, 0.6) is 5.75 Å². The molecule has 0 spiro atoms. The van der Waals surface area contributed by atoms with E-state index in [-0.39, 0.29) is 6.04 Å². The first-order chi connectivity index (χ1) is 9.74. The third-order valence-electron chi connectivity index (χ3n) is 3.83. The quantitative estimate of drug-likeness (QED) is 0.900. The fraction of sp³-hybridized carbons (Fsp3) is 0.294. The Balaban J connectivity index is 1.73. The van der Waals surface area contributed by atoms with E-state index in [0.29, 0.717) is 6.61 Å². The molecule has 2 aromatic rings. The summed E-state index contributed by atoms with van der Waals surface area (Å²) in [5, 5.41) is 10.1. The van der Waals surface area contributed by atoms with Gasteiger partial charge in [-0.25, -0.2) is 0 Å². The summed E-state index contributed by atoms with van der Waals surface area (Å²) in [5.41, 5.74) is 9.11. The molecule has 3 nitrogen and oxygen atoms in total. The zero-order valence-corrected chi connectivity index (χ0v) is 11.3. The lowest BCUT2D eigenvalue weighted by atomic mass is 9.86. The summed E-state index contributed by atoms with van der Waals surface area (Å²) in [6, 6.07) is 15.8. The number of aryl methyl sites for hydroxylation is 1. The van der Waals surface area contributed by atoms with E-state index in [1.807, 2.05) is 48.5 Å². The molecular weight excluding hydrogens is 250 g/mol. The third kappa shape index (κ3) is 2.69. The van der Waals surface area contributed by atoms with Crippen LogP contribution in [0.1, 0.15) is 29.2 Å². The van der Waals surface area contributed by atoms with Gasteiger partial charge in [-0.1, -0.05) is 36.4 Å². The lowest BCUT2D eigenvalue weighted by Crippen LogP contribution is -2.32. The number of rotatable bonds is 3. The average Bonchev–Trinajstić information content (AvgIpc) is 2.50. The molecule has 0 aliphatic heterocycles. The van der Waals surface area contributed by atoms with Crippen molar-refractivity contribution < 1.29 is 9.84 Å². The van der Waals surface area contributed by atoms with Gasteiger partial charge in [0, 0.05) is 6.04 Å². The topological polar surface area (TPSA) is 55.5 Å². The fourth-order valence-corrected chi connectivity index (χ4v) is 2.63. The molecule has 20 heavy (non-hydrogen) atoms. The van der Waals surface area contributed by atoms with Crippen molar-refractivity contribution in [3.05, 3.63) is 65.2 Å². The van der Waals surface area contributed by atoms with Crippen LogP contribution in [0.3, 0.4) is 0 Å². The van der Waals surface area contributed by atoms with Gasteiger partial charge in [0.1, 0.15) is 12.4 Å². The van der Waals surface area contributed by atoms with E-state index in [9.17, 15) is 5.11 Å². The predicted molar refractivity (Wildman–Crippen MR) is 78.5 cm³/mol. The SMILES string of the molecule is N[C@H]1CCc2cc(OCc3ccccc3)ccc2[C@@H]1O. The van der Waals surface area contributed by atoms with Crippen molar-refractivity contribution in [3.8, 4) is 5.75 Å². The average molecular weight is 269 g/mol. The molecule has 104 valence electrons. The van der Waals surface area contributed by atoms with Crippen molar-refractivity contribution in [1.82, 2.24) is 0 Å². The van der Waals surface area contributed by atoms with Gasteiger partial charge in [-0.2, -0.15) is 0 Å². The van der Waals surface area contributed by atoms with Crippen LogP contribution in [-0.2, 0) is 13.0 Å². The molecule has 1 aliphatic carbocycles. The van der Waals surface area contributed by atoms with Crippen molar-refractivity contribution in [2.24, 2.45) is 5.73 Å². The third-order valence-corrected chi connectivity index (χ3v) is 3.83. The highest BCUT2D eigenvalue weighted by Gasteiger charge is 2.25. The number of benzene rings is 2. The van der Waals surface area contributed by atoms with Crippen LogP contribution in [0.25, 0.3) is 0 Å². The van der Waals surface area contributed by atoms with Gasteiger partial charge in [-0.05, 0) is 41.7 Å². The second-order valence-corrected chi connectivity index (χ2v) is 5.28. The number of ether oxygens (including phenoxy) is 1. The minimum absolute atomic E-state index is 0.154. The summed E-state index contributed by atoms with van der Waals surface area (Å²) in [7, 11) is 0. The largest absolute Gasteiger partial charge is 0.489 e. The lowest BCUT2D eigenvalue weighted by Gasteiger charge is -2.27. The smallest absolute Gasteiger partial charge is 0.120 e. The Labute approximate surface area is 119 Å². The Morgan fingerprint density at radius 3 is 2.75 bits per heavy atom. The molecule has 3 heteroatoms. The highest BCUT2D eigenvalue weighted by molar-refractivity contribution is 5.39. The van der Waals surface area contributed by atoms with Gasteiger partial charge in [-0.15, -0.1) is 0 Å². The molecule has 0 heterocycles.